The summed E-state index contributed by atoms with van der Waals surface area (Å²) in [5.74, 6) is 0.509. The zero-order valence-electron chi connectivity index (χ0n) is 14.2. The number of halogens is 2. The number of nitrogens with one attached hydrogen (secondary N) is 2. The molecule has 0 bridgehead atoms. The second-order valence-corrected chi connectivity index (χ2v) is 6.58. The average Bonchev–Trinajstić information content (AvgIpc) is 3.04. The van der Waals surface area contributed by atoms with Gasteiger partial charge in [-0.25, -0.2) is 0 Å². The van der Waals surface area contributed by atoms with Crippen molar-refractivity contribution in [3.63, 3.8) is 0 Å². The largest absolute Gasteiger partial charge is 0.489 e. The third kappa shape index (κ3) is 5.61. The van der Waals surface area contributed by atoms with Crippen molar-refractivity contribution in [2.24, 2.45) is 5.92 Å². The van der Waals surface area contributed by atoms with Crippen LogP contribution in [0.15, 0.2) is 48.5 Å². The molecule has 1 aliphatic rings. The van der Waals surface area contributed by atoms with Crippen LogP contribution in [0.1, 0.15) is 15.9 Å². The predicted molar refractivity (Wildman–Crippen MR) is 104 cm³/mol. The van der Waals surface area contributed by atoms with Gasteiger partial charge < -0.3 is 20.5 Å². The van der Waals surface area contributed by atoms with Gasteiger partial charge in [0.2, 0.25) is 0 Å². The number of aliphatic hydroxyl groups excluding tert-OH is 1. The minimum Gasteiger partial charge on any atom is -0.489 e. The number of β-amino-alcohol motifs (C(OH)–C–C–N with tert-alkyl or cyclic N) is 1. The van der Waals surface area contributed by atoms with Gasteiger partial charge in [0.25, 0.3) is 5.91 Å². The summed E-state index contributed by atoms with van der Waals surface area (Å²) in [5.41, 5.74) is 1.54. The Bertz CT molecular complexity index is 725. The number of ether oxygens (including phenoxy) is 1. The minimum atomic E-state index is -0.408. The lowest BCUT2D eigenvalue weighted by atomic mass is 10.1. The van der Waals surface area contributed by atoms with Gasteiger partial charge in [-0.05, 0) is 35.9 Å². The van der Waals surface area contributed by atoms with Crippen molar-refractivity contribution in [1.82, 2.24) is 10.6 Å². The van der Waals surface area contributed by atoms with Gasteiger partial charge in [0.15, 0.2) is 0 Å². The Morgan fingerprint density at radius 3 is 2.69 bits per heavy atom. The highest BCUT2D eigenvalue weighted by atomic mass is 35.5. The fourth-order valence-corrected chi connectivity index (χ4v) is 2.85. The van der Waals surface area contributed by atoms with E-state index in [1.807, 2.05) is 30.3 Å². The van der Waals surface area contributed by atoms with E-state index in [2.05, 4.69) is 10.6 Å². The maximum Gasteiger partial charge on any atom is 0.251 e. The van der Waals surface area contributed by atoms with Gasteiger partial charge in [0, 0.05) is 36.1 Å². The Kier molecular flexibility index (Phi) is 7.72. The molecule has 0 saturated carbocycles. The van der Waals surface area contributed by atoms with Crippen molar-refractivity contribution in [3.8, 4) is 5.75 Å². The molecule has 0 aliphatic carbocycles. The number of hydrogen-bond acceptors (Lipinski definition) is 4. The van der Waals surface area contributed by atoms with Gasteiger partial charge in [-0.15, -0.1) is 12.4 Å². The highest BCUT2D eigenvalue weighted by Crippen LogP contribution is 2.17. The zero-order valence-corrected chi connectivity index (χ0v) is 15.7. The molecule has 0 spiro atoms. The second-order valence-electron chi connectivity index (χ2n) is 6.14. The summed E-state index contributed by atoms with van der Waals surface area (Å²) in [6, 6.07) is 14.5. The molecule has 3 rings (SSSR count). The molecule has 2 unspecified atom stereocenters. The molecule has 1 fully saturated rings. The summed E-state index contributed by atoms with van der Waals surface area (Å²) in [7, 11) is 0. The molecule has 0 radical (unpaired) electrons. The summed E-state index contributed by atoms with van der Waals surface area (Å²) in [6.45, 7) is 2.14. The van der Waals surface area contributed by atoms with E-state index in [0.29, 0.717) is 42.6 Å². The van der Waals surface area contributed by atoms with Crippen LogP contribution in [0, 0.1) is 5.92 Å². The van der Waals surface area contributed by atoms with E-state index < -0.39 is 6.10 Å². The van der Waals surface area contributed by atoms with Gasteiger partial charge in [0.05, 0.1) is 6.10 Å². The van der Waals surface area contributed by atoms with Crippen molar-refractivity contribution in [2.45, 2.75) is 12.7 Å². The Balaban J connectivity index is 0.00000243. The van der Waals surface area contributed by atoms with Crippen LogP contribution in [0.3, 0.4) is 0 Å². The molecule has 0 aromatic heterocycles. The first kappa shape index (κ1) is 20.5. The van der Waals surface area contributed by atoms with E-state index in [4.69, 9.17) is 16.3 Å². The van der Waals surface area contributed by atoms with Gasteiger partial charge >= 0.3 is 0 Å². The Morgan fingerprint density at radius 2 is 2.00 bits per heavy atom. The van der Waals surface area contributed by atoms with E-state index in [1.165, 1.54) is 0 Å². The quantitative estimate of drug-likeness (QED) is 0.701. The maximum absolute atomic E-state index is 12.3. The third-order valence-corrected chi connectivity index (χ3v) is 4.50. The first-order chi connectivity index (χ1) is 12.1. The molecule has 3 N–H and O–H groups in total. The summed E-state index contributed by atoms with van der Waals surface area (Å²) in [5, 5.41) is 16.4. The number of rotatable bonds is 6. The maximum atomic E-state index is 12.3. The molecule has 2 atom stereocenters. The van der Waals surface area contributed by atoms with Crippen LogP contribution >= 0.6 is 24.0 Å². The number of aliphatic hydroxyl groups is 1. The number of carbonyl (C=O) groups excluding carboxylic acids is 1. The number of carbonyl (C=O) groups is 1. The van der Waals surface area contributed by atoms with Gasteiger partial charge in [-0.2, -0.15) is 0 Å². The lowest BCUT2D eigenvalue weighted by Crippen LogP contribution is -2.34. The molecule has 2 aromatic rings. The zero-order chi connectivity index (χ0) is 17.6. The summed E-state index contributed by atoms with van der Waals surface area (Å²) < 4.78 is 5.74. The van der Waals surface area contributed by atoms with E-state index in [1.54, 1.807) is 18.2 Å². The van der Waals surface area contributed by atoms with Crippen LogP contribution in [-0.4, -0.2) is 36.8 Å². The number of benzene rings is 2. The molecule has 1 heterocycles. The van der Waals surface area contributed by atoms with Gasteiger partial charge in [-0.3, -0.25) is 4.79 Å². The first-order valence-electron chi connectivity index (χ1n) is 8.26. The van der Waals surface area contributed by atoms with Crippen molar-refractivity contribution in [1.29, 1.82) is 0 Å². The first-order valence-corrected chi connectivity index (χ1v) is 8.64. The van der Waals surface area contributed by atoms with Crippen LogP contribution in [0.2, 0.25) is 5.02 Å². The molecular weight excluding hydrogens is 375 g/mol. The molecule has 5 nitrogen and oxygen atoms in total. The van der Waals surface area contributed by atoms with Crippen molar-refractivity contribution in [2.75, 3.05) is 19.6 Å². The lowest BCUT2D eigenvalue weighted by Gasteiger charge is -2.14. The van der Waals surface area contributed by atoms with Crippen LogP contribution in [0.5, 0.6) is 5.75 Å². The van der Waals surface area contributed by atoms with Crippen molar-refractivity contribution >= 4 is 29.9 Å². The minimum absolute atomic E-state index is 0. The van der Waals surface area contributed by atoms with Crippen molar-refractivity contribution in [3.05, 3.63) is 64.7 Å². The second kappa shape index (κ2) is 9.78. The predicted octanol–water partition coefficient (Wildman–Crippen LogP) is 2.65. The van der Waals surface area contributed by atoms with Gasteiger partial charge in [0.1, 0.15) is 12.4 Å². The van der Waals surface area contributed by atoms with E-state index >= 15 is 0 Å². The fraction of sp³-hybridized carbons (Fsp3) is 0.316. The Hall–Kier alpha value is -1.79. The Labute approximate surface area is 164 Å². The average molecular weight is 397 g/mol. The molecule has 26 heavy (non-hydrogen) atoms. The highest BCUT2D eigenvalue weighted by Gasteiger charge is 2.25. The van der Waals surface area contributed by atoms with E-state index in [9.17, 15) is 9.90 Å². The normalized spacial score (nSPS) is 18.8. The standard InChI is InChI=1S/C19H21ClN2O3.ClH/c20-16-6-4-13(5-7-16)12-25-17-3-1-2-14(8-17)19(24)22-10-15-9-21-11-18(15)23;/h1-8,15,18,21,23H,9-12H2,(H,22,24);1H. The Morgan fingerprint density at radius 1 is 1.23 bits per heavy atom. The van der Waals surface area contributed by atoms with Crippen LogP contribution < -0.4 is 15.4 Å². The lowest BCUT2D eigenvalue weighted by molar-refractivity contribution is 0.0926. The fourth-order valence-electron chi connectivity index (χ4n) is 2.73. The van der Waals surface area contributed by atoms with E-state index in [-0.39, 0.29) is 24.2 Å². The number of amides is 1. The summed E-state index contributed by atoms with van der Waals surface area (Å²) in [4.78, 5) is 12.3. The van der Waals surface area contributed by atoms with Crippen molar-refractivity contribution < 1.29 is 14.6 Å². The number of hydrogen-bond donors (Lipinski definition) is 3. The molecule has 2 aromatic carbocycles. The molecule has 7 heteroatoms. The van der Waals surface area contributed by atoms with Gasteiger partial charge in [-0.1, -0.05) is 29.8 Å². The van der Waals surface area contributed by atoms with Crippen LogP contribution in [-0.2, 0) is 6.61 Å². The molecule has 1 saturated heterocycles. The SMILES string of the molecule is Cl.O=C(NCC1CNCC1O)c1cccc(OCc2ccc(Cl)cc2)c1. The molecule has 140 valence electrons. The van der Waals surface area contributed by atoms with E-state index in [0.717, 1.165) is 5.56 Å². The molecule has 1 amide bonds. The molecular formula is C19H22Cl2N2O3. The smallest absolute Gasteiger partial charge is 0.251 e. The summed E-state index contributed by atoms with van der Waals surface area (Å²) >= 11 is 5.87. The highest BCUT2D eigenvalue weighted by molar-refractivity contribution is 6.30. The summed E-state index contributed by atoms with van der Waals surface area (Å²) in [6.07, 6.45) is -0.408. The third-order valence-electron chi connectivity index (χ3n) is 4.24. The van der Waals surface area contributed by atoms with Crippen LogP contribution in [0.25, 0.3) is 0 Å². The monoisotopic (exact) mass is 396 g/mol. The topological polar surface area (TPSA) is 70.6 Å². The molecule has 1 aliphatic heterocycles. The van der Waals surface area contributed by atoms with Crippen LogP contribution in [0.4, 0.5) is 0 Å².